The molecule has 6 nitrogen and oxygen atoms in total. The van der Waals surface area contributed by atoms with Gasteiger partial charge in [0, 0.05) is 23.6 Å². The van der Waals surface area contributed by atoms with E-state index in [-0.39, 0.29) is 12.3 Å². The lowest BCUT2D eigenvalue weighted by molar-refractivity contribution is -0.121. The zero-order chi connectivity index (χ0) is 15.1. The fourth-order valence-electron chi connectivity index (χ4n) is 2.04. The van der Waals surface area contributed by atoms with E-state index in [0.29, 0.717) is 6.54 Å². The minimum atomic E-state index is -0.393. The molecular formula is C15H20N4O2. The van der Waals surface area contributed by atoms with Crippen LogP contribution in [0.5, 0.6) is 0 Å². The Morgan fingerprint density at radius 1 is 1.19 bits per heavy atom. The Kier molecular flexibility index (Phi) is 5.20. The Morgan fingerprint density at radius 3 is 2.81 bits per heavy atom. The maximum absolute atomic E-state index is 11.8. The molecule has 0 atom stereocenters. The summed E-state index contributed by atoms with van der Waals surface area (Å²) in [7, 11) is 0. The van der Waals surface area contributed by atoms with Gasteiger partial charge in [0.05, 0.1) is 6.42 Å². The number of hydrazine groups is 1. The third kappa shape index (κ3) is 4.24. The predicted octanol–water partition coefficient (Wildman–Crippen LogP) is 1.84. The monoisotopic (exact) mass is 288 g/mol. The number of unbranched alkanes of at least 4 members (excludes halogenated alkanes) is 1. The predicted molar refractivity (Wildman–Crippen MR) is 81.6 cm³/mol. The molecule has 6 heteroatoms. The summed E-state index contributed by atoms with van der Waals surface area (Å²) in [5, 5.41) is 3.67. The van der Waals surface area contributed by atoms with E-state index in [2.05, 4.69) is 21.2 Å². The highest BCUT2D eigenvalue weighted by molar-refractivity contribution is 5.89. The van der Waals surface area contributed by atoms with Crippen molar-refractivity contribution in [3.63, 3.8) is 0 Å². The minimum Gasteiger partial charge on any atom is -0.361 e. The topological polar surface area (TPSA) is 86.0 Å². The van der Waals surface area contributed by atoms with Crippen molar-refractivity contribution in [2.45, 2.75) is 26.2 Å². The molecule has 3 amide bonds. The summed E-state index contributed by atoms with van der Waals surface area (Å²) in [5.74, 6) is -0.259. The van der Waals surface area contributed by atoms with Crippen LogP contribution in [0.4, 0.5) is 4.79 Å². The summed E-state index contributed by atoms with van der Waals surface area (Å²) >= 11 is 0. The van der Waals surface area contributed by atoms with E-state index >= 15 is 0 Å². The molecule has 1 aromatic carbocycles. The van der Waals surface area contributed by atoms with Gasteiger partial charge in [-0.05, 0) is 18.1 Å². The highest BCUT2D eigenvalue weighted by atomic mass is 16.2. The van der Waals surface area contributed by atoms with Crippen molar-refractivity contribution in [2.75, 3.05) is 6.54 Å². The van der Waals surface area contributed by atoms with E-state index in [0.717, 1.165) is 29.3 Å². The minimum absolute atomic E-state index is 0.208. The molecule has 0 unspecified atom stereocenters. The van der Waals surface area contributed by atoms with Gasteiger partial charge < -0.3 is 10.3 Å². The number of hydrogen-bond donors (Lipinski definition) is 4. The van der Waals surface area contributed by atoms with Gasteiger partial charge >= 0.3 is 6.03 Å². The van der Waals surface area contributed by atoms with Gasteiger partial charge in [0.25, 0.3) is 0 Å². The van der Waals surface area contributed by atoms with Gasteiger partial charge in [-0.2, -0.15) is 0 Å². The van der Waals surface area contributed by atoms with E-state index in [1.807, 2.05) is 37.4 Å². The van der Waals surface area contributed by atoms with Crippen molar-refractivity contribution in [3.05, 3.63) is 36.0 Å². The number of carbonyl (C=O) groups is 2. The standard InChI is InChI=1S/C15H20N4O2/c1-2-3-8-16-15(21)19-18-14(20)9-11-10-17-13-7-5-4-6-12(11)13/h4-7,10,17H,2-3,8-9H2,1H3,(H,18,20)(H2,16,19,21). The summed E-state index contributed by atoms with van der Waals surface area (Å²) in [4.78, 5) is 26.3. The molecule has 0 radical (unpaired) electrons. The number of nitrogens with one attached hydrogen (secondary N) is 4. The van der Waals surface area contributed by atoms with Gasteiger partial charge in [-0.3, -0.25) is 10.2 Å². The van der Waals surface area contributed by atoms with Gasteiger partial charge in [-0.15, -0.1) is 0 Å². The van der Waals surface area contributed by atoms with Crippen LogP contribution in [0.1, 0.15) is 25.3 Å². The van der Waals surface area contributed by atoms with E-state index < -0.39 is 6.03 Å². The zero-order valence-corrected chi connectivity index (χ0v) is 12.0. The average molecular weight is 288 g/mol. The maximum Gasteiger partial charge on any atom is 0.333 e. The van der Waals surface area contributed by atoms with Crippen LogP contribution in [0.15, 0.2) is 30.5 Å². The van der Waals surface area contributed by atoms with Crippen molar-refractivity contribution in [1.29, 1.82) is 0 Å². The quantitative estimate of drug-likeness (QED) is 0.500. The average Bonchev–Trinajstić information content (AvgIpc) is 2.89. The van der Waals surface area contributed by atoms with Crippen molar-refractivity contribution in [3.8, 4) is 0 Å². The molecule has 1 heterocycles. The normalized spacial score (nSPS) is 10.3. The van der Waals surface area contributed by atoms with E-state index in [4.69, 9.17) is 0 Å². The summed E-state index contributed by atoms with van der Waals surface area (Å²) in [6.45, 7) is 2.64. The molecule has 0 bridgehead atoms. The molecule has 112 valence electrons. The number of para-hydroxylation sites is 1. The number of rotatable bonds is 5. The molecule has 0 aliphatic rings. The van der Waals surface area contributed by atoms with Crippen LogP contribution in [0.3, 0.4) is 0 Å². The fraction of sp³-hybridized carbons (Fsp3) is 0.333. The first-order valence-electron chi connectivity index (χ1n) is 7.08. The van der Waals surface area contributed by atoms with Gasteiger partial charge in [0.15, 0.2) is 0 Å². The van der Waals surface area contributed by atoms with Gasteiger partial charge in [0.2, 0.25) is 5.91 Å². The Hall–Kier alpha value is -2.50. The van der Waals surface area contributed by atoms with Crippen LogP contribution in [0, 0.1) is 0 Å². The number of H-pyrrole nitrogens is 1. The van der Waals surface area contributed by atoms with Crippen LogP contribution in [0.2, 0.25) is 0 Å². The Bertz CT molecular complexity index is 621. The number of hydrogen-bond acceptors (Lipinski definition) is 2. The van der Waals surface area contributed by atoms with Gasteiger partial charge in [0.1, 0.15) is 0 Å². The molecule has 0 aliphatic carbocycles. The molecule has 0 fully saturated rings. The number of aromatic amines is 1. The molecule has 2 aromatic rings. The number of fused-ring (bicyclic) bond motifs is 1. The number of benzene rings is 1. The number of urea groups is 1. The summed E-state index contributed by atoms with van der Waals surface area (Å²) in [6, 6.07) is 7.38. The Labute approximate surface area is 123 Å². The molecule has 2 rings (SSSR count). The number of carbonyl (C=O) groups excluding carboxylic acids is 2. The second-order valence-electron chi connectivity index (χ2n) is 4.82. The zero-order valence-electron chi connectivity index (χ0n) is 12.0. The molecule has 0 spiro atoms. The van der Waals surface area contributed by atoms with Crippen molar-refractivity contribution >= 4 is 22.8 Å². The second kappa shape index (κ2) is 7.33. The molecule has 21 heavy (non-hydrogen) atoms. The van der Waals surface area contributed by atoms with Crippen molar-refractivity contribution in [2.24, 2.45) is 0 Å². The molecule has 1 aromatic heterocycles. The van der Waals surface area contributed by atoms with Gasteiger partial charge in [-0.1, -0.05) is 31.5 Å². The summed E-state index contributed by atoms with van der Waals surface area (Å²) in [6.07, 6.45) is 3.94. The smallest absolute Gasteiger partial charge is 0.333 e. The van der Waals surface area contributed by atoms with E-state index in [1.54, 1.807) is 0 Å². The van der Waals surface area contributed by atoms with Crippen LogP contribution in [-0.2, 0) is 11.2 Å². The molecule has 4 N–H and O–H groups in total. The third-order valence-electron chi connectivity index (χ3n) is 3.16. The Morgan fingerprint density at radius 2 is 2.00 bits per heavy atom. The van der Waals surface area contributed by atoms with Crippen molar-refractivity contribution in [1.82, 2.24) is 21.2 Å². The Balaban J connectivity index is 1.81. The molecular weight excluding hydrogens is 268 g/mol. The first kappa shape index (κ1) is 14.9. The number of amides is 3. The first-order valence-corrected chi connectivity index (χ1v) is 7.08. The van der Waals surface area contributed by atoms with E-state index in [9.17, 15) is 9.59 Å². The molecule has 0 saturated carbocycles. The van der Waals surface area contributed by atoms with Crippen LogP contribution < -0.4 is 16.2 Å². The lowest BCUT2D eigenvalue weighted by Gasteiger charge is -2.08. The van der Waals surface area contributed by atoms with Crippen LogP contribution >= 0.6 is 0 Å². The summed E-state index contributed by atoms with van der Waals surface area (Å²) < 4.78 is 0. The highest BCUT2D eigenvalue weighted by Gasteiger charge is 2.09. The fourth-order valence-corrected chi connectivity index (χ4v) is 2.04. The second-order valence-corrected chi connectivity index (χ2v) is 4.82. The molecule has 0 aliphatic heterocycles. The largest absolute Gasteiger partial charge is 0.361 e. The molecule has 0 saturated heterocycles. The van der Waals surface area contributed by atoms with Crippen LogP contribution in [0.25, 0.3) is 10.9 Å². The lowest BCUT2D eigenvalue weighted by atomic mass is 10.1. The lowest BCUT2D eigenvalue weighted by Crippen LogP contribution is -2.47. The van der Waals surface area contributed by atoms with E-state index in [1.165, 1.54) is 0 Å². The first-order chi connectivity index (χ1) is 10.2. The SMILES string of the molecule is CCCCNC(=O)NNC(=O)Cc1c[nH]c2ccccc12. The van der Waals surface area contributed by atoms with Gasteiger partial charge in [-0.25, -0.2) is 10.2 Å². The summed E-state index contributed by atoms with van der Waals surface area (Å²) in [5.41, 5.74) is 6.63. The highest BCUT2D eigenvalue weighted by Crippen LogP contribution is 2.17. The van der Waals surface area contributed by atoms with Crippen molar-refractivity contribution < 1.29 is 9.59 Å². The van der Waals surface area contributed by atoms with Crippen LogP contribution in [-0.4, -0.2) is 23.5 Å². The number of aromatic nitrogens is 1. The maximum atomic E-state index is 11.8. The third-order valence-corrected chi connectivity index (χ3v) is 3.16.